The second kappa shape index (κ2) is 9.98. The zero-order valence-electron chi connectivity index (χ0n) is 15.0. The number of rotatable bonds is 9. The van der Waals surface area contributed by atoms with Crippen molar-refractivity contribution in [2.75, 3.05) is 13.7 Å². The highest BCUT2D eigenvalue weighted by atomic mass is 16.7. The smallest absolute Gasteiger partial charge is 0.497 e. The van der Waals surface area contributed by atoms with E-state index in [2.05, 4.69) is 6.58 Å². The van der Waals surface area contributed by atoms with Gasteiger partial charge in [0, 0.05) is 12.8 Å². The van der Waals surface area contributed by atoms with Gasteiger partial charge in [0.2, 0.25) is 0 Å². The fraction of sp³-hybridized carbons (Fsp3) is 0.526. The Morgan fingerprint density at radius 1 is 1.25 bits per heavy atom. The molecule has 0 bridgehead atoms. The van der Waals surface area contributed by atoms with Gasteiger partial charge >= 0.3 is 6.16 Å². The number of methoxy groups -OCH3 is 1. The molecule has 5 heteroatoms. The monoisotopic (exact) mass is 336 g/mol. The molecule has 0 radical (unpaired) electrons. The van der Waals surface area contributed by atoms with Crippen LogP contribution in [0.2, 0.25) is 0 Å². The van der Waals surface area contributed by atoms with Crippen LogP contribution in [0, 0.1) is 0 Å². The summed E-state index contributed by atoms with van der Waals surface area (Å²) in [4.78, 5) is 11.7. The SMILES string of the molecule is C=CC[C@@H](CCOCc1ccc(OC)cc1)OC(=O)OC(C)(C)C. The number of ether oxygens (including phenoxy) is 4. The summed E-state index contributed by atoms with van der Waals surface area (Å²) in [5, 5.41) is 0. The van der Waals surface area contributed by atoms with Gasteiger partial charge in [-0.3, -0.25) is 0 Å². The van der Waals surface area contributed by atoms with E-state index < -0.39 is 11.8 Å². The summed E-state index contributed by atoms with van der Waals surface area (Å²) in [5.41, 5.74) is 0.491. The Balaban J connectivity index is 2.34. The topological polar surface area (TPSA) is 54.0 Å². The molecule has 0 spiro atoms. The van der Waals surface area contributed by atoms with E-state index in [9.17, 15) is 4.79 Å². The van der Waals surface area contributed by atoms with Gasteiger partial charge in [0.15, 0.2) is 0 Å². The molecule has 0 N–H and O–H groups in total. The number of carbonyl (C=O) groups is 1. The van der Waals surface area contributed by atoms with Gasteiger partial charge in [-0.05, 0) is 38.5 Å². The van der Waals surface area contributed by atoms with Gasteiger partial charge in [0.1, 0.15) is 17.5 Å². The van der Waals surface area contributed by atoms with Crippen LogP contribution in [0.25, 0.3) is 0 Å². The summed E-state index contributed by atoms with van der Waals surface area (Å²) in [5.74, 6) is 0.815. The molecule has 0 fully saturated rings. The first-order chi connectivity index (χ1) is 11.3. The average Bonchev–Trinajstić information content (AvgIpc) is 2.50. The largest absolute Gasteiger partial charge is 0.509 e. The van der Waals surface area contributed by atoms with Crippen LogP contribution in [0.15, 0.2) is 36.9 Å². The molecule has 0 aliphatic heterocycles. The third-order valence-corrected chi connectivity index (χ3v) is 3.09. The summed E-state index contributed by atoms with van der Waals surface area (Å²) in [6.07, 6.45) is 1.91. The number of benzene rings is 1. The zero-order valence-corrected chi connectivity index (χ0v) is 15.0. The second-order valence-electron chi connectivity index (χ2n) is 6.42. The van der Waals surface area contributed by atoms with Crippen molar-refractivity contribution in [2.24, 2.45) is 0 Å². The van der Waals surface area contributed by atoms with Crippen LogP contribution in [0.5, 0.6) is 5.75 Å². The molecule has 1 aromatic rings. The molecule has 0 aliphatic rings. The van der Waals surface area contributed by atoms with E-state index in [1.807, 2.05) is 24.3 Å². The molecule has 0 amide bonds. The van der Waals surface area contributed by atoms with Crippen LogP contribution in [0.3, 0.4) is 0 Å². The fourth-order valence-corrected chi connectivity index (χ4v) is 1.95. The van der Waals surface area contributed by atoms with Crippen LogP contribution >= 0.6 is 0 Å². The summed E-state index contributed by atoms with van der Waals surface area (Å²) < 4.78 is 21.2. The minimum absolute atomic E-state index is 0.298. The maximum atomic E-state index is 11.7. The van der Waals surface area contributed by atoms with E-state index >= 15 is 0 Å². The molecule has 24 heavy (non-hydrogen) atoms. The molecule has 0 unspecified atom stereocenters. The van der Waals surface area contributed by atoms with E-state index in [1.54, 1.807) is 34.0 Å². The molecule has 1 aromatic carbocycles. The van der Waals surface area contributed by atoms with E-state index in [1.165, 1.54) is 0 Å². The first-order valence-corrected chi connectivity index (χ1v) is 8.05. The molecular formula is C19H28O5. The highest BCUT2D eigenvalue weighted by Crippen LogP contribution is 2.14. The number of hydrogen-bond acceptors (Lipinski definition) is 5. The second-order valence-corrected chi connectivity index (χ2v) is 6.42. The highest BCUT2D eigenvalue weighted by molar-refractivity contribution is 5.60. The van der Waals surface area contributed by atoms with Crippen LogP contribution in [-0.2, 0) is 20.8 Å². The predicted molar refractivity (Wildman–Crippen MR) is 93.2 cm³/mol. The number of hydrogen-bond donors (Lipinski definition) is 0. The maximum absolute atomic E-state index is 11.7. The Morgan fingerprint density at radius 2 is 1.92 bits per heavy atom. The Hall–Kier alpha value is -2.01. The average molecular weight is 336 g/mol. The molecular weight excluding hydrogens is 308 g/mol. The summed E-state index contributed by atoms with van der Waals surface area (Å²) in [6.45, 7) is 10.1. The fourth-order valence-electron chi connectivity index (χ4n) is 1.95. The van der Waals surface area contributed by atoms with Crippen molar-refractivity contribution in [3.05, 3.63) is 42.5 Å². The molecule has 1 atom stereocenters. The standard InChI is InChI=1S/C19H28O5/c1-6-7-17(23-18(20)24-19(2,3)4)12-13-22-14-15-8-10-16(21-5)11-9-15/h6,8-11,17H,1,7,12-14H2,2-5H3/t17-/m0/s1. The highest BCUT2D eigenvalue weighted by Gasteiger charge is 2.20. The first kappa shape index (κ1) is 20.0. The third-order valence-electron chi connectivity index (χ3n) is 3.09. The first-order valence-electron chi connectivity index (χ1n) is 8.05. The molecule has 0 saturated carbocycles. The lowest BCUT2D eigenvalue weighted by Gasteiger charge is -2.22. The van der Waals surface area contributed by atoms with Gasteiger partial charge in [0.05, 0.1) is 20.3 Å². The van der Waals surface area contributed by atoms with Crippen LogP contribution < -0.4 is 4.74 Å². The van der Waals surface area contributed by atoms with Crippen molar-refractivity contribution in [1.82, 2.24) is 0 Å². The van der Waals surface area contributed by atoms with Gasteiger partial charge in [-0.15, -0.1) is 6.58 Å². The van der Waals surface area contributed by atoms with E-state index in [0.717, 1.165) is 11.3 Å². The van der Waals surface area contributed by atoms with Gasteiger partial charge < -0.3 is 18.9 Å². The Bertz CT molecular complexity index is 501. The van der Waals surface area contributed by atoms with Crippen molar-refractivity contribution in [3.63, 3.8) is 0 Å². The van der Waals surface area contributed by atoms with Crippen LogP contribution in [0.4, 0.5) is 4.79 Å². The summed E-state index contributed by atoms with van der Waals surface area (Å²) in [7, 11) is 1.63. The van der Waals surface area contributed by atoms with E-state index in [4.69, 9.17) is 18.9 Å². The Kier molecular flexibility index (Phi) is 8.33. The summed E-state index contributed by atoms with van der Waals surface area (Å²) in [6, 6.07) is 7.70. The summed E-state index contributed by atoms with van der Waals surface area (Å²) >= 11 is 0. The van der Waals surface area contributed by atoms with Crippen molar-refractivity contribution in [2.45, 2.75) is 51.9 Å². The third kappa shape index (κ3) is 8.58. The Morgan fingerprint density at radius 3 is 2.46 bits per heavy atom. The van der Waals surface area contributed by atoms with Crippen molar-refractivity contribution < 1.29 is 23.7 Å². The van der Waals surface area contributed by atoms with Gasteiger partial charge in [0.25, 0.3) is 0 Å². The van der Waals surface area contributed by atoms with Gasteiger partial charge in [-0.2, -0.15) is 0 Å². The van der Waals surface area contributed by atoms with Crippen LogP contribution in [0.1, 0.15) is 39.2 Å². The van der Waals surface area contributed by atoms with Crippen LogP contribution in [-0.4, -0.2) is 31.6 Å². The normalized spacial score (nSPS) is 12.3. The lowest BCUT2D eigenvalue weighted by molar-refractivity contribution is -0.0332. The molecule has 5 nitrogen and oxygen atoms in total. The minimum atomic E-state index is -0.662. The molecule has 0 aliphatic carbocycles. The quantitative estimate of drug-likeness (QED) is 0.377. The number of carbonyl (C=O) groups excluding carboxylic acids is 1. The zero-order chi connectivity index (χ0) is 18.0. The minimum Gasteiger partial charge on any atom is -0.497 e. The molecule has 1 rings (SSSR count). The maximum Gasteiger partial charge on any atom is 0.509 e. The lowest BCUT2D eigenvalue weighted by atomic mass is 10.2. The molecule has 0 heterocycles. The van der Waals surface area contributed by atoms with Gasteiger partial charge in [-0.25, -0.2) is 4.79 Å². The van der Waals surface area contributed by atoms with Crippen molar-refractivity contribution in [1.29, 1.82) is 0 Å². The van der Waals surface area contributed by atoms with E-state index in [0.29, 0.717) is 26.1 Å². The van der Waals surface area contributed by atoms with E-state index in [-0.39, 0.29) is 6.10 Å². The van der Waals surface area contributed by atoms with Crippen molar-refractivity contribution >= 4 is 6.16 Å². The molecule has 0 aromatic heterocycles. The predicted octanol–water partition coefficient (Wildman–Crippen LogP) is 4.50. The molecule has 134 valence electrons. The molecule has 0 saturated heterocycles. The van der Waals surface area contributed by atoms with Gasteiger partial charge in [-0.1, -0.05) is 18.2 Å². The lowest BCUT2D eigenvalue weighted by Crippen LogP contribution is -2.28. The Labute approximate surface area is 144 Å². The van der Waals surface area contributed by atoms with Crippen molar-refractivity contribution in [3.8, 4) is 5.75 Å².